The fourth-order valence-electron chi connectivity index (χ4n) is 3.24. The fourth-order valence-corrected chi connectivity index (χ4v) is 3.24. The molecule has 1 amide bonds. The first-order valence-electron chi connectivity index (χ1n) is 9.84. The fraction of sp³-hybridized carbons (Fsp3) is 0.240. The molecule has 0 aromatic heterocycles. The standard InChI is InChI=1S/C25H27NO2/c1-2-20-13-15-23(16-14-20)28-18-17-26-25(27)19-24(21-9-5-3-6-10-21)22-11-7-4-8-12-22/h3-16,24H,2,17-19H2,1H3,(H,26,27). The first-order chi connectivity index (χ1) is 13.8. The van der Waals surface area contributed by atoms with Crippen LogP contribution < -0.4 is 10.1 Å². The predicted octanol–water partition coefficient (Wildman–Crippen LogP) is 4.97. The Morgan fingerprint density at radius 1 is 0.857 bits per heavy atom. The first-order valence-corrected chi connectivity index (χ1v) is 9.84. The molecular formula is C25H27NO2. The van der Waals surface area contributed by atoms with Gasteiger partial charge in [-0.25, -0.2) is 0 Å². The Morgan fingerprint density at radius 2 is 1.43 bits per heavy atom. The Morgan fingerprint density at radius 3 is 1.96 bits per heavy atom. The second-order valence-corrected chi connectivity index (χ2v) is 6.77. The van der Waals surface area contributed by atoms with Crippen LogP contribution in [0.2, 0.25) is 0 Å². The quantitative estimate of drug-likeness (QED) is 0.538. The van der Waals surface area contributed by atoms with Gasteiger partial charge in [0.25, 0.3) is 0 Å². The summed E-state index contributed by atoms with van der Waals surface area (Å²) >= 11 is 0. The molecule has 0 atom stereocenters. The smallest absolute Gasteiger partial charge is 0.221 e. The van der Waals surface area contributed by atoms with Crippen molar-refractivity contribution in [3.63, 3.8) is 0 Å². The largest absolute Gasteiger partial charge is 0.492 e. The van der Waals surface area contributed by atoms with Gasteiger partial charge in [0.15, 0.2) is 0 Å². The van der Waals surface area contributed by atoms with E-state index in [9.17, 15) is 4.79 Å². The van der Waals surface area contributed by atoms with Crippen molar-refractivity contribution >= 4 is 5.91 Å². The van der Waals surface area contributed by atoms with Crippen molar-refractivity contribution in [1.82, 2.24) is 5.32 Å². The Labute approximate surface area is 167 Å². The van der Waals surface area contributed by atoms with Gasteiger partial charge in [-0.15, -0.1) is 0 Å². The van der Waals surface area contributed by atoms with Crippen LogP contribution in [0.15, 0.2) is 84.9 Å². The van der Waals surface area contributed by atoms with E-state index in [-0.39, 0.29) is 11.8 Å². The summed E-state index contributed by atoms with van der Waals surface area (Å²) in [4.78, 5) is 12.5. The van der Waals surface area contributed by atoms with Gasteiger partial charge in [0.1, 0.15) is 12.4 Å². The van der Waals surface area contributed by atoms with Gasteiger partial charge in [-0.3, -0.25) is 4.79 Å². The average molecular weight is 373 g/mol. The third kappa shape index (κ3) is 5.71. The van der Waals surface area contributed by atoms with E-state index in [0.717, 1.165) is 23.3 Å². The molecule has 0 saturated heterocycles. The molecule has 0 saturated carbocycles. The van der Waals surface area contributed by atoms with Crippen LogP contribution >= 0.6 is 0 Å². The second kappa shape index (κ2) is 10.3. The number of hydrogen-bond acceptors (Lipinski definition) is 2. The Kier molecular flexibility index (Phi) is 7.25. The maximum absolute atomic E-state index is 12.5. The van der Waals surface area contributed by atoms with E-state index in [1.807, 2.05) is 48.5 Å². The number of hydrogen-bond donors (Lipinski definition) is 1. The summed E-state index contributed by atoms with van der Waals surface area (Å²) < 4.78 is 5.72. The maximum atomic E-state index is 12.5. The maximum Gasteiger partial charge on any atom is 0.221 e. The molecule has 3 aromatic rings. The van der Waals surface area contributed by atoms with Gasteiger partial charge in [-0.1, -0.05) is 79.7 Å². The van der Waals surface area contributed by atoms with Gasteiger partial charge in [0.2, 0.25) is 5.91 Å². The normalized spacial score (nSPS) is 10.6. The molecule has 3 nitrogen and oxygen atoms in total. The van der Waals surface area contributed by atoms with Crippen LogP contribution in [0.25, 0.3) is 0 Å². The van der Waals surface area contributed by atoms with Crippen LogP contribution in [0.4, 0.5) is 0 Å². The van der Waals surface area contributed by atoms with Gasteiger partial charge >= 0.3 is 0 Å². The van der Waals surface area contributed by atoms with E-state index in [2.05, 4.69) is 48.6 Å². The highest BCUT2D eigenvalue weighted by Crippen LogP contribution is 2.27. The number of benzene rings is 3. The Balaban J connectivity index is 1.52. The van der Waals surface area contributed by atoms with Crippen molar-refractivity contribution in [3.05, 3.63) is 102 Å². The SMILES string of the molecule is CCc1ccc(OCCNC(=O)CC(c2ccccc2)c2ccccc2)cc1. The molecule has 0 unspecified atom stereocenters. The summed E-state index contributed by atoms with van der Waals surface area (Å²) in [7, 11) is 0. The molecule has 3 rings (SSSR count). The molecule has 28 heavy (non-hydrogen) atoms. The molecule has 0 aliphatic rings. The summed E-state index contributed by atoms with van der Waals surface area (Å²) in [6.07, 6.45) is 1.43. The Hall–Kier alpha value is -3.07. The predicted molar refractivity (Wildman–Crippen MR) is 114 cm³/mol. The van der Waals surface area contributed by atoms with Crippen LogP contribution in [-0.4, -0.2) is 19.1 Å². The van der Waals surface area contributed by atoms with Gasteiger partial charge in [-0.05, 0) is 35.2 Å². The van der Waals surface area contributed by atoms with E-state index in [0.29, 0.717) is 19.6 Å². The van der Waals surface area contributed by atoms with Crippen molar-refractivity contribution < 1.29 is 9.53 Å². The summed E-state index contributed by atoms with van der Waals surface area (Å²) in [5.74, 6) is 0.908. The molecule has 0 aliphatic heterocycles. The van der Waals surface area contributed by atoms with Crippen LogP contribution in [0.3, 0.4) is 0 Å². The lowest BCUT2D eigenvalue weighted by molar-refractivity contribution is -0.121. The highest BCUT2D eigenvalue weighted by molar-refractivity contribution is 5.77. The lowest BCUT2D eigenvalue weighted by Gasteiger charge is -2.18. The monoisotopic (exact) mass is 373 g/mol. The zero-order chi connectivity index (χ0) is 19.6. The zero-order valence-electron chi connectivity index (χ0n) is 16.3. The molecule has 0 radical (unpaired) electrons. The lowest BCUT2D eigenvalue weighted by atomic mass is 9.88. The number of amides is 1. The lowest BCUT2D eigenvalue weighted by Crippen LogP contribution is -2.29. The topological polar surface area (TPSA) is 38.3 Å². The average Bonchev–Trinajstić information content (AvgIpc) is 2.76. The first kappa shape index (κ1) is 19.7. The highest BCUT2D eigenvalue weighted by Gasteiger charge is 2.17. The van der Waals surface area contributed by atoms with Gasteiger partial charge in [-0.2, -0.15) is 0 Å². The molecule has 1 N–H and O–H groups in total. The molecule has 3 heteroatoms. The van der Waals surface area contributed by atoms with Crippen molar-refractivity contribution in [1.29, 1.82) is 0 Å². The number of ether oxygens (including phenoxy) is 1. The molecule has 0 fully saturated rings. The highest BCUT2D eigenvalue weighted by atomic mass is 16.5. The number of aryl methyl sites for hydroxylation is 1. The molecule has 144 valence electrons. The van der Waals surface area contributed by atoms with Crippen molar-refractivity contribution in [3.8, 4) is 5.75 Å². The molecule has 0 spiro atoms. The summed E-state index contributed by atoms with van der Waals surface area (Å²) in [5.41, 5.74) is 3.58. The van der Waals surface area contributed by atoms with Gasteiger partial charge in [0.05, 0.1) is 6.54 Å². The van der Waals surface area contributed by atoms with Crippen molar-refractivity contribution in [2.24, 2.45) is 0 Å². The number of carbonyl (C=O) groups excluding carboxylic acids is 1. The minimum Gasteiger partial charge on any atom is -0.492 e. The number of carbonyl (C=O) groups is 1. The Bertz CT molecular complexity index is 805. The molecule has 0 heterocycles. The zero-order valence-corrected chi connectivity index (χ0v) is 16.3. The molecular weight excluding hydrogens is 346 g/mol. The molecule has 0 bridgehead atoms. The number of rotatable bonds is 9. The van der Waals surface area contributed by atoms with E-state index in [4.69, 9.17) is 4.74 Å². The molecule has 3 aromatic carbocycles. The van der Waals surface area contributed by atoms with Gasteiger partial charge in [0, 0.05) is 12.3 Å². The molecule has 0 aliphatic carbocycles. The van der Waals surface area contributed by atoms with Crippen molar-refractivity contribution in [2.45, 2.75) is 25.7 Å². The van der Waals surface area contributed by atoms with E-state index in [1.54, 1.807) is 0 Å². The third-order valence-electron chi connectivity index (χ3n) is 4.82. The minimum atomic E-state index is 0.0302. The van der Waals surface area contributed by atoms with E-state index >= 15 is 0 Å². The summed E-state index contributed by atoms with van der Waals surface area (Å²) in [5, 5.41) is 2.98. The van der Waals surface area contributed by atoms with Crippen molar-refractivity contribution in [2.75, 3.05) is 13.2 Å². The van der Waals surface area contributed by atoms with E-state index < -0.39 is 0 Å². The number of nitrogens with one attached hydrogen (secondary N) is 1. The third-order valence-corrected chi connectivity index (χ3v) is 4.82. The summed E-state index contributed by atoms with van der Waals surface area (Å²) in [6.45, 7) is 3.08. The van der Waals surface area contributed by atoms with Crippen LogP contribution in [0, 0.1) is 0 Å². The second-order valence-electron chi connectivity index (χ2n) is 6.77. The van der Waals surface area contributed by atoms with Crippen LogP contribution in [0.1, 0.15) is 36.0 Å². The van der Waals surface area contributed by atoms with Gasteiger partial charge < -0.3 is 10.1 Å². The minimum absolute atomic E-state index is 0.0302. The summed E-state index contributed by atoms with van der Waals surface area (Å²) in [6, 6.07) is 28.4. The van der Waals surface area contributed by atoms with E-state index in [1.165, 1.54) is 5.56 Å². The van der Waals surface area contributed by atoms with Crippen LogP contribution in [0.5, 0.6) is 5.75 Å². The van der Waals surface area contributed by atoms with Crippen LogP contribution in [-0.2, 0) is 11.2 Å².